The van der Waals surface area contributed by atoms with Gasteiger partial charge in [0.1, 0.15) is 0 Å². The molecule has 19 heavy (non-hydrogen) atoms. The Morgan fingerprint density at radius 2 is 2.11 bits per heavy atom. The van der Waals surface area contributed by atoms with Crippen molar-refractivity contribution in [3.8, 4) is 0 Å². The minimum absolute atomic E-state index is 0.118. The van der Waals surface area contributed by atoms with Crippen molar-refractivity contribution < 1.29 is 4.79 Å². The van der Waals surface area contributed by atoms with Crippen LogP contribution in [0.1, 0.15) is 13.3 Å². The molecule has 4 nitrogen and oxygen atoms in total. The van der Waals surface area contributed by atoms with Gasteiger partial charge in [0, 0.05) is 49.8 Å². The number of benzene rings is 1. The van der Waals surface area contributed by atoms with Crippen LogP contribution in [0, 0.1) is 0 Å². The van der Waals surface area contributed by atoms with E-state index < -0.39 is 0 Å². The molecule has 1 rings (SSSR count). The fourth-order valence-corrected chi connectivity index (χ4v) is 2.33. The van der Waals surface area contributed by atoms with Crippen molar-refractivity contribution in [2.24, 2.45) is 5.73 Å². The van der Waals surface area contributed by atoms with Crippen LogP contribution < -0.4 is 10.6 Å². The first-order valence-electron chi connectivity index (χ1n) is 6.38. The molecule has 0 aliphatic rings. The minimum atomic E-state index is 0.118. The summed E-state index contributed by atoms with van der Waals surface area (Å²) in [6, 6.07) is 8.18. The Bertz CT molecular complexity index is 423. The van der Waals surface area contributed by atoms with Gasteiger partial charge in [-0.1, -0.05) is 22.0 Å². The second-order valence-corrected chi connectivity index (χ2v) is 5.72. The predicted octanol–water partition coefficient (Wildman–Crippen LogP) is 2.08. The highest BCUT2D eigenvalue weighted by atomic mass is 79.9. The lowest BCUT2D eigenvalue weighted by atomic mass is 10.1. The highest BCUT2D eigenvalue weighted by molar-refractivity contribution is 9.10. The Morgan fingerprint density at radius 1 is 1.42 bits per heavy atom. The number of nitrogens with zero attached hydrogens (tertiary/aromatic N) is 2. The van der Waals surface area contributed by atoms with E-state index in [0.717, 1.165) is 16.7 Å². The second-order valence-electron chi connectivity index (χ2n) is 4.80. The fourth-order valence-electron chi connectivity index (χ4n) is 1.94. The van der Waals surface area contributed by atoms with Gasteiger partial charge in [-0.2, -0.15) is 0 Å². The summed E-state index contributed by atoms with van der Waals surface area (Å²) >= 11 is 3.47. The Morgan fingerprint density at radius 3 is 2.63 bits per heavy atom. The summed E-state index contributed by atoms with van der Waals surface area (Å²) < 4.78 is 1.03. The lowest BCUT2D eigenvalue weighted by molar-refractivity contribution is -0.128. The average molecular weight is 328 g/mol. The highest BCUT2D eigenvalue weighted by Gasteiger charge is 2.18. The number of halogens is 1. The van der Waals surface area contributed by atoms with E-state index in [2.05, 4.69) is 27.8 Å². The van der Waals surface area contributed by atoms with Crippen LogP contribution in [0.5, 0.6) is 0 Å². The van der Waals surface area contributed by atoms with Crippen LogP contribution in [-0.4, -0.2) is 44.0 Å². The molecule has 1 aromatic carbocycles. The van der Waals surface area contributed by atoms with Crippen LogP contribution in [-0.2, 0) is 4.79 Å². The molecule has 0 aromatic heterocycles. The Kier molecular flexibility index (Phi) is 6.31. The van der Waals surface area contributed by atoms with Gasteiger partial charge in [0.2, 0.25) is 5.91 Å². The first-order chi connectivity index (χ1) is 8.95. The molecule has 0 bridgehead atoms. The maximum atomic E-state index is 11.8. The van der Waals surface area contributed by atoms with E-state index in [1.807, 2.05) is 24.3 Å². The molecule has 0 heterocycles. The van der Waals surface area contributed by atoms with Gasteiger partial charge < -0.3 is 15.5 Å². The van der Waals surface area contributed by atoms with E-state index in [1.54, 1.807) is 19.0 Å². The highest BCUT2D eigenvalue weighted by Crippen LogP contribution is 2.22. The number of nitrogens with two attached hydrogens (primary N) is 1. The number of hydrogen-bond donors (Lipinski definition) is 1. The van der Waals surface area contributed by atoms with Crippen molar-refractivity contribution in [2.45, 2.75) is 19.4 Å². The lowest BCUT2D eigenvalue weighted by Gasteiger charge is -2.31. The van der Waals surface area contributed by atoms with Crippen molar-refractivity contribution >= 4 is 27.5 Å². The van der Waals surface area contributed by atoms with E-state index in [4.69, 9.17) is 5.73 Å². The van der Waals surface area contributed by atoms with Gasteiger partial charge >= 0.3 is 0 Å². The molecule has 0 saturated carbocycles. The molecular formula is C14H22BrN3O. The summed E-state index contributed by atoms with van der Waals surface area (Å²) in [5.41, 5.74) is 6.77. The quantitative estimate of drug-likeness (QED) is 0.870. The van der Waals surface area contributed by atoms with Gasteiger partial charge in [-0.25, -0.2) is 0 Å². The van der Waals surface area contributed by atoms with Gasteiger partial charge in [-0.05, 0) is 25.1 Å². The zero-order valence-electron chi connectivity index (χ0n) is 11.8. The van der Waals surface area contributed by atoms with Crippen molar-refractivity contribution in [1.82, 2.24) is 4.90 Å². The number of anilines is 1. The molecule has 1 aromatic rings. The minimum Gasteiger partial charge on any atom is -0.367 e. The molecule has 1 amide bonds. The van der Waals surface area contributed by atoms with Crippen LogP contribution in [0.2, 0.25) is 0 Å². The van der Waals surface area contributed by atoms with Gasteiger partial charge in [0.25, 0.3) is 0 Å². The van der Waals surface area contributed by atoms with Crippen molar-refractivity contribution in [3.63, 3.8) is 0 Å². The zero-order valence-corrected chi connectivity index (χ0v) is 13.4. The molecule has 0 radical (unpaired) electrons. The predicted molar refractivity (Wildman–Crippen MR) is 83.3 cm³/mol. The third-order valence-electron chi connectivity index (χ3n) is 3.01. The van der Waals surface area contributed by atoms with Crippen molar-refractivity contribution in [2.75, 3.05) is 32.1 Å². The van der Waals surface area contributed by atoms with Gasteiger partial charge in [-0.15, -0.1) is 0 Å². The molecule has 0 aliphatic carbocycles. The smallest absolute Gasteiger partial charge is 0.224 e. The maximum Gasteiger partial charge on any atom is 0.224 e. The SMILES string of the molecule is CC(CC(=O)N(C)C)N(CCN)c1cccc(Br)c1. The first kappa shape index (κ1) is 16.0. The van der Waals surface area contributed by atoms with Crippen LogP contribution in [0.3, 0.4) is 0 Å². The summed E-state index contributed by atoms with van der Waals surface area (Å²) in [5, 5.41) is 0. The van der Waals surface area contributed by atoms with Gasteiger partial charge in [0.05, 0.1) is 0 Å². The van der Waals surface area contributed by atoms with Gasteiger partial charge in [0.15, 0.2) is 0 Å². The summed E-state index contributed by atoms with van der Waals surface area (Å²) in [6.45, 7) is 3.35. The molecule has 1 unspecified atom stereocenters. The van der Waals surface area contributed by atoms with Gasteiger partial charge in [-0.3, -0.25) is 4.79 Å². The number of hydrogen-bond acceptors (Lipinski definition) is 3. The Hall–Kier alpha value is -1.07. The second kappa shape index (κ2) is 7.50. The first-order valence-corrected chi connectivity index (χ1v) is 7.17. The molecule has 5 heteroatoms. The Labute approximate surface area is 123 Å². The molecule has 1 atom stereocenters. The summed E-state index contributed by atoms with van der Waals surface area (Å²) in [4.78, 5) is 15.6. The van der Waals surface area contributed by atoms with E-state index in [1.165, 1.54) is 0 Å². The zero-order chi connectivity index (χ0) is 14.4. The van der Waals surface area contributed by atoms with E-state index in [0.29, 0.717) is 13.0 Å². The topological polar surface area (TPSA) is 49.6 Å². The van der Waals surface area contributed by atoms with E-state index >= 15 is 0 Å². The van der Waals surface area contributed by atoms with Crippen molar-refractivity contribution in [3.05, 3.63) is 28.7 Å². The molecule has 0 fully saturated rings. The third-order valence-corrected chi connectivity index (χ3v) is 3.50. The van der Waals surface area contributed by atoms with Crippen LogP contribution in [0.25, 0.3) is 0 Å². The largest absolute Gasteiger partial charge is 0.367 e. The third kappa shape index (κ3) is 4.84. The van der Waals surface area contributed by atoms with Crippen LogP contribution in [0.15, 0.2) is 28.7 Å². The lowest BCUT2D eigenvalue weighted by Crippen LogP contribution is -2.40. The number of carbonyl (C=O) groups excluding carboxylic acids is 1. The number of carbonyl (C=O) groups is 1. The van der Waals surface area contributed by atoms with Crippen molar-refractivity contribution in [1.29, 1.82) is 0 Å². The monoisotopic (exact) mass is 327 g/mol. The number of amides is 1. The standard InChI is InChI=1S/C14H22BrN3O/c1-11(9-14(19)17(2)3)18(8-7-16)13-6-4-5-12(15)10-13/h4-6,10-11H,7-9,16H2,1-3H3. The van der Waals surface area contributed by atoms with E-state index in [9.17, 15) is 4.79 Å². The molecule has 0 saturated heterocycles. The Balaban J connectivity index is 2.85. The molecular weight excluding hydrogens is 306 g/mol. The van der Waals surface area contributed by atoms with Crippen LogP contribution in [0.4, 0.5) is 5.69 Å². The molecule has 106 valence electrons. The summed E-state index contributed by atoms with van der Waals surface area (Å²) in [5.74, 6) is 0.129. The molecule has 2 N–H and O–H groups in total. The van der Waals surface area contributed by atoms with Crippen LogP contribution >= 0.6 is 15.9 Å². The number of rotatable bonds is 6. The van der Waals surface area contributed by atoms with E-state index in [-0.39, 0.29) is 11.9 Å². The summed E-state index contributed by atoms with van der Waals surface area (Å²) in [6.07, 6.45) is 0.486. The maximum absolute atomic E-state index is 11.8. The average Bonchev–Trinajstić information content (AvgIpc) is 2.35. The normalized spacial score (nSPS) is 12.1. The molecule has 0 spiro atoms. The summed E-state index contributed by atoms with van der Waals surface area (Å²) in [7, 11) is 3.56. The molecule has 0 aliphatic heterocycles. The fraction of sp³-hybridized carbons (Fsp3) is 0.500.